The molecule has 21 heavy (non-hydrogen) atoms. The monoisotopic (exact) mass is 342 g/mol. The van der Waals surface area contributed by atoms with E-state index in [-0.39, 0.29) is 30.9 Å². The van der Waals surface area contributed by atoms with Gasteiger partial charge < -0.3 is 5.73 Å². The van der Waals surface area contributed by atoms with Crippen LogP contribution in [0.1, 0.15) is 20.3 Å². The van der Waals surface area contributed by atoms with E-state index in [1.165, 1.54) is 7.05 Å². The van der Waals surface area contributed by atoms with E-state index in [4.69, 9.17) is 5.73 Å². The second kappa shape index (κ2) is 8.03. The molecule has 0 radical (unpaired) electrons. The number of nitrogens with zero attached hydrogens (tertiary/aromatic N) is 1. The average molecular weight is 343 g/mol. The highest BCUT2D eigenvalue weighted by molar-refractivity contribution is 7.89. The van der Waals surface area contributed by atoms with Gasteiger partial charge in [-0.15, -0.1) is 12.4 Å². The molecule has 0 aromatic heterocycles. The Hall–Kier alpha value is -0.760. The maximum absolute atomic E-state index is 13.1. The van der Waals surface area contributed by atoms with Crippen LogP contribution in [0.4, 0.5) is 8.78 Å². The van der Waals surface area contributed by atoms with E-state index in [2.05, 4.69) is 0 Å². The first kappa shape index (κ1) is 20.2. The fraction of sp³-hybridized carbons (Fsp3) is 0.538. The van der Waals surface area contributed by atoms with Gasteiger partial charge in [-0.25, -0.2) is 21.5 Å². The van der Waals surface area contributed by atoms with Crippen molar-refractivity contribution in [3.63, 3.8) is 0 Å². The molecule has 1 rings (SSSR count). The van der Waals surface area contributed by atoms with Gasteiger partial charge in [-0.1, -0.05) is 13.8 Å². The van der Waals surface area contributed by atoms with E-state index < -0.39 is 26.6 Å². The first-order valence-electron chi connectivity index (χ1n) is 6.32. The lowest BCUT2D eigenvalue weighted by molar-refractivity contribution is 0.397. The Kier molecular flexibility index (Phi) is 7.74. The van der Waals surface area contributed by atoms with Crippen LogP contribution >= 0.6 is 12.4 Å². The Bertz CT molecular complexity index is 547. The lowest BCUT2D eigenvalue weighted by Gasteiger charge is -2.21. The highest BCUT2D eigenvalue weighted by Crippen LogP contribution is 2.18. The lowest BCUT2D eigenvalue weighted by Crippen LogP contribution is -2.34. The van der Waals surface area contributed by atoms with Gasteiger partial charge in [0.25, 0.3) is 0 Å². The molecular weight excluding hydrogens is 322 g/mol. The van der Waals surface area contributed by atoms with Crippen LogP contribution < -0.4 is 5.73 Å². The molecule has 0 aliphatic carbocycles. The predicted octanol–water partition coefficient (Wildman–Crippen LogP) is 2.38. The van der Waals surface area contributed by atoms with Gasteiger partial charge in [0.2, 0.25) is 10.0 Å². The average Bonchev–Trinajstić information content (AvgIpc) is 2.33. The largest absolute Gasteiger partial charge is 0.327 e. The van der Waals surface area contributed by atoms with E-state index >= 15 is 0 Å². The summed E-state index contributed by atoms with van der Waals surface area (Å²) in [5, 5.41) is 0. The van der Waals surface area contributed by atoms with Gasteiger partial charge in [0.05, 0.1) is 4.90 Å². The molecule has 8 heteroatoms. The molecule has 1 unspecified atom stereocenters. The van der Waals surface area contributed by atoms with Crippen molar-refractivity contribution in [3.05, 3.63) is 29.8 Å². The van der Waals surface area contributed by atoms with Crippen LogP contribution in [0.5, 0.6) is 0 Å². The summed E-state index contributed by atoms with van der Waals surface area (Å²) >= 11 is 0. The van der Waals surface area contributed by atoms with Crippen LogP contribution in [0, 0.1) is 17.6 Å². The van der Waals surface area contributed by atoms with Gasteiger partial charge in [0.1, 0.15) is 11.6 Å². The van der Waals surface area contributed by atoms with Crippen LogP contribution in [-0.4, -0.2) is 32.4 Å². The molecule has 1 aromatic carbocycles. The molecule has 1 aromatic rings. The highest BCUT2D eigenvalue weighted by atomic mass is 35.5. The fourth-order valence-corrected chi connectivity index (χ4v) is 2.87. The van der Waals surface area contributed by atoms with E-state index in [9.17, 15) is 17.2 Å². The van der Waals surface area contributed by atoms with Crippen molar-refractivity contribution in [1.82, 2.24) is 4.31 Å². The van der Waals surface area contributed by atoms with Gasteiger partial charge in [0, 0.05) is 25.7 Å². The van der Waals surface area contributed by atoms with Crippen molar-refractivity contribution in [2.75, 3.05) is 13.6 Å². The van der Waals surface area contributed by atoms with Crippen LogP contribution in [0.3, 0.4) is 0 Å². The lowest BCUT2D eigenvalue weighted by atomic mass is 10.0. The third-order valence-electron chi connectivity index (χ3n) is 3.18. The molecule has 0 spiro atoms. The van der Waals surface area contributed by atoms with Crippen molar-refractivity contribution in [2.45, 2.75) is 31.2 Å². The molecule has 0 saturated carbocycles. The van der Waals surface area contributed by atoms with Gasteiger partial charge in [-0.3, -0.25) is 0 Å². The van der Waals surface area contributed by atoms with Crippen LogP contribution in [0.15, 0.2) is 23.1 Å². The molecule has 0 amide bonds. The topological polar surface area (TPSA) is 63.4 Å². The van der Waals surface area contributed by atoms with E-state index in [0.29, 0.717) is 12.5 Å². The van der Waals surface area contributed by atoms with Crippen molar-refractivity contribution in [2.24, 2.45) is 11.7 Å². The SMILES string of the molecule is CC(C)C(N)CCN(C)S(=O)(=O)c1cc(F)cc(F)c1.Cl. The molecule has 0 aliphatic rings. The number of hydrogen-bond acceptors (Lipinski definition) is 3. The summed E-state index contributed by atoms with van der Waals surface area (Å²) in [6.45, 7) is 4.09. The predicted molar refractivity (Wildman–Crippen MR) is 80.9 cm³/mol. The molecule has 122 valence electrons. The number of nitrogens with two attached hydrogens (primary N) is 1. The second-order valence-electron chi connectivity index (χ2n) is 5.13. The summed E-state index contributed by atoms with van der Waals surface area (Å²) < 4.78 is 51.6. The quantitative estimate of drug-likeness (QED) is 0.863. The van der Waals surface area contributed by atoms with Gasteiger partial charge >= 0.3 is 0 Å². The van der Waals surface area contributed by atoms with Crippen LogP contribution in [-0.2, 0) is 10.0 Å². The van der Waals surface area contributed by atoms with Crippen molar-refractivity contribution < 1.29 is 17.2 Å². The van der Waals surface area contributed by atoms with Gasteiger partial charge in [0.15, 0.2) is 0 Å². The number of sulfonamides is 1. The Balaban J connectivity index is 0.00000400. The first-order chi connectivity index (χ1) is 9.14. The van der Waals surface area contributed by atoms with Gasteiger partial charge in [-0.2, -0.15) is 0 Å². The van der Waals surface area contributed by atoms with Crippen molar-refractivity contribution in [3.8, 4) is 0 Å². The molecule has 1 atom stereocenters. The summed E-state index contributed by atoms with van der Waals surface area (Å²) in [6.07, 6.45) is 0.477. The minimum atomic E-state index is -3.91. The van der Waals surface area contributed by atoms with Crippen LogP contribution in [0.2, 0.25) is 0 Å². The molecule has 0 fully saturated rings. The first-order valence-corrected chi connectivity index (χ1v) is 7.76. The molecular formula is C13H21ClF2N2O2S. The summed E-state index contributed by atoms with van der Waals surface area (Å²) in [4.78, 5) is -0.393. The van der Waals surface area contributed by atoms with Gasteiger partial charge in [-0.05, 0) is 24.5 Å². The summed E-state index contributed by atoms with van der Waals surface area (Å²) in [5.41, 5.74) is 5.85. The zero-order valence-electron chi connectivity index (χ0n) is 12.2. The number of benzene rings is 1. The molecule has 0 aliphatic heterocycles. The van der Waals surface area contributed by atoms with Crippen molar-refractivity contribution in [1.29, 1.82) is 0 Å². The minimum absolute atomic E-state index is 0. The van der Waals surface area contributed by atoms with Crippen LogP contribution in [0.25, 0.3) is 0 Å². The summed E-state index contributed by atoms with van der Waals surface area (Å²) in [5.74, 6) is -1.61. The Morgan fingerprint density at radius 1 is 1.19 bits per heavy atom. The Labute approximate surface area is 130 Å². The molecule has 4 nitrogen and oxygen atoms in total. The van der Waals surface area contributed by atoms with E-state index in [1.54, 1.807) is 0 Å². The maximum Gasteiger partial charge on any atom is 0.243 e. The molecule has 2 N–H and O–H groups in total. The number of rotatable bonds is 6. The second-order valence-corrected chi connectivity index (χ2v) is 7.17. The highest BCUT2D eigenvalue weighted by Gasteiger charge is 2.23. The number of halogens is 3. The van der Waals surface area contributed by atoms with E-state index in [0.717, 1.165) is 16.4 Å². The Morgan fingerprint density at radius 2 is 1.67 bits per heavy atom. The van der Waals surface area contributed by atoms with Crippen molar-refractivity contribution >= 4 is 22.4 Å². The molecule has 0 saturated heterocycles. The Morgan fingerprint density at radius 3 is 2.10 bits per heavy atom. The summed E-state index contributed by atoms with van der Waals surface area (Å²) in [7, 11) is -2.54. The third-order valence-corrected chi connectivity index (χ3v) is 5.01. The molecule has 0 bridgehead atoms. The summed E-state index contributed by atoms with van der Waals surface area (Å²) in [6, 6.07) is 2.11. The maximum atomic E-state index is 13.1. The van der Waals surface area contributed by atoms with E-state index in [1.807, 2.05) is 13.8 Å². The minimum Gasteiger partial charge on any atom is -0.327 e. The number of hydrogen-bond donors (Lipinski definition) is 1. The third kappa shape index (κ3) is 5.50. The zero-order chi connectivity index (χ0) is 15.5. The zero-order valence-corrected chi connectivity index (χ0v) is 13.8. The fourth-order valence-electron chi connectivity index (χ4n) is 1.64. The standard InChI is InChI=1S/C13H20F2N2O2S.ClH/c1-9(2)13(16)4-5-17(3)20(18,19)12-7-10(14)6-11(15)8-12;/h6-9,13H,4-5,16H2,1-3H3;1H. The smallest absolute Gasteiger partial charge is 0.243 e. The normalized spacial score (nSPS) is 13.3. The molecule has 0 heterocycles.